The molecule has 1 fully saturated rings. The van der Waals surface area contributed by atoms with Crippen molar-refractivity contribution in [3.05, 3.63) is 53.3 Å². The highest BCUT2D eigenvalue weighted by Gasteiger charge is 2.38. The number of carbonyl (C=O) groups excluding carboxylic acids is 1. The molecule has 0 unspecified atom stereocenters. The lowest BCUT2D eigenvalue weighted by Crippen LogP contribution is -2.41. The third kappa shape index (κ3) is 5.00. The fourth-order valence-electron chi connectivity index (χ4n) is 4.25. The van der Waals surface area contributed by atoms with E-state index >= 15 is 0 Å². The molecule has 1 aromatic carbocycles. The number of piperidine rings is 1. The van der Waals surface area contributed by atoms with Gasteiger partial charge in [0, 0.05) is 32.6 Å². The highest BCUT2D eigenvalue weighted by atomic mass is 19.4. The van der Waals surface area contributed by atoms with Crippen LogP contribution < -0.4 is 4.90 Å². The predicted molar refractivity (Wildman–Crippen MR) is 122 cm³/mol. The number of carbonyl (C=O) groups is 1. The molecule has 1 aliphatic heterocycles. The summed E-state index contributed by atoms with van der Waals surface area (Å²) in [6, 6.07) is 11.5. The van der Waals surface area contributed by atoms with E-state index in [1.54, 1.807) is 11.0 Å². The van der Waals surface area contributed by atoms with Gasteiger partial charge in [0.25, 0.3) is 5.82 Å². The number of amides is 1. The Morgan fingerprint density at radius 1 is 1.03 bits per heavy atom. The first-order chi connectivity index (χ1) is 15.9. The van der Waals surface area contributed by atoms with Crippen molar-refractivity contribution < 1.29 is 18.0 Å². The fourth-order valence-corrected chi connectivity index (χ4v) is 4.25. The van der Waals surface area contributed by atoms with Gasteiger partial charge in [-0.15, -0.1) is 15.3 Å². The number of halogens is 3. The van der Waals surface area contributed by atoms with Gasteiger partial charge in [-0.2, -0.15) is 17.7 Å². The first-order valence-corrected chi connectivity index (χ1v) is 11.3. The molecular weight excluding hydrogens is 445 g/mol. The van der Waals surface area contributed by atoms with Crippen LogP contribution in [-0.2, 0) is 22.9 Å². The van der Waals surface area contributed by atoms with Gasteiger partial charge in [0.05, 0.1) is 0 Å². The molecule has 1 aliphatic rings. The highest BCUT2D eigenvalue weighted by Crippen LogP contribution is 2.29. The molecule has 7 nitrogen and oxygen atoms in total. The first-order valence-electron chi connectivity index (χ1n) is 11.3. The molecule has 34 heavy (non-hydrogen) atoms. The average molecular weight is 475 g/mol. The lowest BCUT2D eigenvalue weighted by molar-refractivity contribution is -0.146. The first kappa shape index (κ1) is 24.0. The van der Waals surface area contributed by atoms with Crippen LogP contribution in [0.25, 0.3) is 5.65 Å². The molecule has 0 N–H and O–H groups in total. The maximum atomic E-state index is 13.1. The zero-order valence-electron chi connectivity index (χ0n) is 19.8. The molecule has 4 rings (SSSR count). The number of alkyl halides is 3. The Labute approximate surface area is 196 Å². The lowest BCUT2D eigenvalue weighted by atomic mass is 9.86. The molecule has 3 aromatic rings. The van der Waals surface area contributed by atoms with E-state index in [4.69, 9.17) is 0 Å². The number of fused-ring (bicyclic) bond motifs is 1. The second-order valence-electron chi connectivity index (χ2n) is 9.89. The SMILES string of the molecule is CN(Cc1ccc(C(C)(C)C)cc1)C(=O)C1CCN(c2ccc3nnc(C(F)(F)F)n3n2)CC1. The Hall–Kier alpha value is -3.17. The number of nitrogens with zero attached hydrogens (tertiary/aromatic N) is 6. The monoisotopic (exact) mass is 474 g/mol. The Kier molecular flexibility index (Phi) is 6.26. The molecule has 0 atom stereocenters. The van der Waals surface area contributed by atoms with Gasteiger partial charge in [-0.1, -0.05) is 45.0 Å². The summed E-state index contributed by atoms with van der Waals surface area (Å²) < 4.78 is 40.2. The number of aromatic nitrogens is 4. The minimum atomic E-state index is -4.64. The summed E-state index contributed by atoms with van der Waals surface area (Å²) in [5.41, 5.74) is 2.45. The van der Waals surface area contributed by atoms with Crippen LogP contribution >= 0.6 is 0 Å². The normalized spacial score (nSPS) is 15.7. The topological polar surface area (TPSA) is 66.6 Å². The van der Waals surface area contributed by atoms with E-state index < -0.39 is 12.0 Å². The summed E-state index contributed by atoms with van der Waals surface area (Å²) in [4.78, 5) is 16.7. The number of hydrogen-bond acceptors (Lipinski definition) is 5. The summed E-state index contributed by atoms with van der Waals surface area (Å²) in [5, 5.41) is 10.9. The van der Waals surface area contributed by atoms with Gasteiger partial charge in [-0.3, -0.25) is 4.79 Å². The summed E-state index contributed by atoms with van der Waals surface area (Å²) in [5.74, 6) is -0.775. The molecule has 10 heteroatoms. The minimum Gasteiger partial charge on any atom is -0.355 e. The van der Waals surface area contributed by atoms with Crippen LogP contribution in [0.4, 0.5) is 19.0 Å². The number of hydrogen-bond donors (Lipinski definition) is 0. The van der Waals surface area contributed by atoms with Gasteiger partial charge in [-0.05, 0) is 41.5 Å². The van der Waals surface area contributed by atoms with Gasteiger partial charge in [0.1, 0.15) is 5.82 Å². The van der Waals surface area contributed by atoms with Crippen molar-refractivity contribution in [3.8, 4) is 0 Å². The number of rotatable bonds is 4. The van der Waals surface area contributed by atoms with Gasteiger partial charge < -0.3 is 9.80 Å². The van der Waals surface area contributed by atoms with Crippen LogP contribution in [0.3, 0.4) is 0 Å². The molecule has 182 valence electrons. The van der Waals surface area contributed by atoms with Crippen LogP contribution in [0.15, 0.2) is 36.4 Å². The standard InChI is InChI=1S/C24H29F3N6O/c1-23(2,3)18-7-5-16(6-8-18)15-31(4)21(34)17-11-13-32(14-12-17)20-10-9-19-28-29-22(24(25,26)27)33(19)30-20/h5-10,17H,11-15H2,1-4H3. The molecule has 1 saturated heterocycles. The molecule has 0 aliphatic carbocycles. The third-order valence-electron chi connectivity index (χ3n) is 6.29. The van der Waals surface area contributed by atoms with Crippen LogP contribution in [0.2, 0.25) is 0 Å². The van der Waals surface area contributed by atoms with E-state index in [9.17, 15) is 18.0 Å². The van der Waals surface area contributed by atoms with Crippen LogP contribution in [0, 0.1) is 5.92 Å². The zero-order chi connectivity index (χ0) is 24.7. The van der Waals surface area contributed by atoms with Crippen molar-refractivity contribution in [2.45, 2.75) is 51.7 Å². The van der Waals surface area contributed by atoms with Crippen molar-refractivity contribution in [2.75, 3.05) is 25.0 Å². The van der Waals surface area contributed by atoms with Gasteiger partial charge in [0.15, 0.2) is 5.65 Å². The molecule has 3 heterocycles. The van der Waals surface area contributed by atoms with Crippen LogP contribution in [-0.4, -0.2) is 50.8 Å². The molecule has 0 radical (unpaired) electrons. The van der Waals surface area contributed by atoms with Gasteiger partial charge >= 0.3 is 6.18 Å². The molecule has 0 spiro atoms. The predicted octanol–water partition coefficient (Wildman–Crippen LogP) is 4.32. The Morgan fingerprint density at radius 3 is 2.26 bits per heavy atom. The number of anilines is 1. The second kappa shape index (κ2) is 8.88. The minimum absolute atomic E-state index is 0.0401. The van der Waals surface area contributed by atoms with E-state index in [1.165, 1.54) is 11.6 Å². The smallest absolute Gasteiger partial charge is 0.355 e. The highest BCUT2D eigenvalue weighted by molar-refractivity contribution is 5.79. The Bertz CT molecular complexity index is 1160. The van der Waals surface area contributed by atoms with E-state index in [2.05, 4.69) is 60.3 Å². The van der Waals surface area contributed by atoms with E-state index in [0.29, 0.717) is 38.3 Å². The molecule has 2 aromatic heterocycles. The maximum absolute atomic E-state index is 13.1. The summed E-state index contributed by atoms with van der Waals surface area (Å²) in [6.07, 6.45) is -3.41. The van der Waals surface area contributed by atoms with Crippen molar-refractivity contribution in [1.82, 2.24) is 24.7 Å². The van der Waals surface area contributed by atoms with Crippen molar-refractivity contribution >= 4 is 17.4 Å². The molecule has 0 bridgehead atoms. The molecule has 0 saturated carbocycles. The molecule has 1 amide bonds. The summed E-state index contributed by atoms with van der Waals surface area (Å²) >= 11 is 0. The van der Waals surface area contributed by atoms with E-state index in [-0.39, 0.29) is 22.9 Å². The van der Waals surface area contributed by atoms with Gasteiger partial charge in [0.2, 0.25) is 5.91 Å². The van der Waals surface area contributed by atoms with Gasteiger partial charge in [-0.25, -0.2) is 0 Å². The Balaban J connectivity index is 1.37. The third-order valence-corrected chi connectivity index (χ3v) is 6.29. The average Bonchev–Trinajstić information content (AvgIpc) is 3.22. The largest absolute Gasteiger partial charge is 0.453 e. The lowest BCUT2D eigenvalue weighted by Gasteiger charge is -2.33. The second-order valence-corrected chi connectivity index (χ2v) is 9.89. The van der Waals surface area contributed by atoms with Crippen LogP contribution in [0.1, 0.15) is 50.6 Å². The van der Waals surface area contributed by atoms with E-state index in [1.807, 2.05) is 11.9 Å². The van der Waals surface area contributed by atoms with Crippen molar-refractivity contribution in [2.24, 2.45) is 5.92 Å². The zero-order valence-corrected chi connectivity index (χ0v) is 19.8. The summed E-state index contributed by atoms with van der Waals surface area (Å²) in [6.45, 7) is 8.10. The van der Waals surface area contributed by atoms with Crippen molar-refractivity contribution in [3.63, 3.8) is 0 Å². The fraction of sp³-hybridized carbons (Fsp3) is 0.500. The maximum Gasteiger partial charge on any atom is 0.453 e. The quantitative estimate of drug-likeness (QED) is 0.564. The Morgan fingerprint density at radius 2 is 1.68 bits per heavy atom. The summed E-state index contributed by atoms with van der Waals surface area (Å²) in [7, 11) is 1.81. The van der Waals surface area contributed by atoms with E-state index in [0.717, 1.165) is 10.1 Å². The van der Waals surface area contributed by atoms with Crippen LogP contribution in [0.5, 0.6) is 0 Å². The molecular formula is C24H29F3N6O. The number of benzene rings is 1. The van der Waals surface area contributed by atoms with Crippen molar-refractivity contribution in [1.29, 1.82) is 0 Å².